The Labute approximate surface area is 105 Å². The summed E-state index contributed by atoms with van der Waals surface area (Å²) in [5.41, 5.74) is 1.23. The van der Waals surface area contributed by atoms with E-state index in [4.69, 9.17) is 0 Å². The summed E-state index contributed by atoms with van der Waals surface area (Å²) >= 11 is 1.51. The van der Waals surface area contributed by atoms with Crippen LogP contribution in [-0.4, -0.2) is 6.04 Å². The van der Waals surface area contributed by atoms with E-state index in [-0.39, 0.29) is 5.82 Å². The first-order valence-corrected chi connectivity index (χ1v) is 7.10. The third-order valence-corrected chi connectivity index (χ3v) is 4.62. The van der Waals surface area contributed by atoms with Crippen molar-refractivity contribution in [3.63, 3.8) is 0 Å². The molecule has 1 aromatic heterocycles. The average Bonchev–Trinajstić information content (AvgIpc) is 2.95. The summed E-state index contributed by atoms with van der Waals surface area (Å²) < 4.78 is 14.3. The Balaban J connectivity index is 1.78. The summed E-state index contributed by atoms with van der Waals surface area (Å²) in [6.45, 7) is 0.869. The van der Waals surface area contributed by atoms with Crippen LogP contribution in [0.1, 0.15) is 31.2 Å². The van der Waals surface area contributed by atoms with E-state index in [9.17, 15) is 4.39 Å². The Hall–Kier alpha value is -0.930. The zero-order valence-corrected chi connectivity index (χ0v) is 10.5. The first kappa shape index (κ1) is 11.2. The normalized spacial score (nSPS) is 17.0. The Morgan fingerprint density at radius 1 is 1.29 bits per heavy atom. The summed E-state index contributed by atoms with van der Waals surface area (Å²) in [6.07, 6.45) is 5.26. The monoisotopic (exact) mass is 249 g/mol. The summed E-state index contributed by atoms with van der Waals surface area (Å²) in [5.74, 6) is -0.0976. The molecule has 3 heteroatoms. The maximum Gasteiger partial charge on any atom is 0.140 e. The molecular formula is C14H16FNS. The van der Waals surface area contributed by atoms with Crippen LogP contribution in [0.4, 0.5) is 4.39 Å². The lowest BCUT2D eigenvalue weighted by atomic mass is 10.1. The molecule has 1 aliphatic rings. The van der Waals surface area contributed by atoms with Crippen LogP contribution in [0.2, 0.25) is 0 Å². The highest BCUT2D eigenvalue weighted by Crippen LogP contribution is 2.28. The average molecular weight is 249 g/mol. The lowest BCUT2D eigenvalue weighted by molar-refractivity contribution is 0.526. The van der Waals surface area contributed by atoms with Gasteiger partial charge in [0.05, 0.1) is 4.70 Å². The van der Waals surface area contributed by atoms with Crippen molar-refractivity contribution in [3.05, 3.63) is 35.0 Å². The molecule has 1 aromatic carbocycles. The lowest BCUT2D eigenvalue weighted by Crippen LogP contribution is -2.25. The molecule has 0 radical (unpaired) electrons. The molecule has 1 nitrogen and oxygen atoms in total. The highest BCUT2D eigenvalue weighted by atomic mass is 32.1. The van der Waals surface area contributed by atoms with Crippen LogP contribution in [0.15, 0.2) is 23.6 Å². The van der Waals surface area contributed by atoms with Crippen molar-refractivity contribution >= 4 is 21.4 Å². The first-order valence-electron chi connectivity index (χ1n) is 6.22. The summed E-state index contributed by atoms with van der Waals surface area (Å²) in [6, 6.07) is 6.01. The molecule has 0 unspecified atom stereocenters. The first-order chi connectivity index (χ1) is 8.34. The molecule has 2 aromatic rings. The number of halogens is 1. The topological polar surface area (TPSA) is 12.0 Å². The van der Waals surface area contributed by atoms with E-state index in [1.165, 1.54) is 48.6 Å². The van der Waals surface area contributed by atoms with E-state index in [2.05, 4.69) is 10.7 Å². The van der Waals surface area contributed by atoms with Gasteiger partial charge in [0.25, 0.3) is 0 Å². The van der Waals surface area contributed by atoms with E-state index in [0.29, 0.717) is 6.04 Å². The highest BCUT2D eigenvalue weighted by Gasteiger charge is 2.15. The number of rotatable bonds is 3. The van der Waals surface area contributed by atoms with Gasteiger partial charge in [-0.15, -0.1) is 11.3 Å². The van der Waals surface area contributed by atoms with Crippen molar-refractivity contribution in [2.24, 2.45) is 0 Å². The van der Waals surface area contributed by atoms with Crippen molar-refractivity contribution < 1.29 is 4.39 Å². The van der Waals surface area contributed by atoms with Crippen molar-refractivity contribution in [2.45, 2.75) is 38.3 Å². The number of hydrogen-bond donors (Lipinski definition) is 1. The molecule has 1 heterocycles. The van der Waals surface area contributed by atoms with Crippen molar-refractivity contribution in [1.29, 1.82) is 0 Å². The van der Waals surface area contributed by atoms with E-state index >= 15 is 0 Å². The maximum atomic E-state index is 13.5. The van der Waals surface area contributed by atoms with Gasteiger partial charge in [-0.2, -0.15) is 0 Å². The second-order valence-corrected chi connectivity index (χ2v) is 5.62. The van der Waals surface area contributed by atoms with Crippen molar-refractivity contribution in [1.82, 2.24) is 5.32 Å². The van der Waals surface area contributed by atoms with Crippen LogP contribution in [0.3, 0.4) is 0 Å². The Morgan fingerprint density at radius 2 is 2.12 bits per heavy atom. The summed E-state index contributed by atoms with van der Waals surface area (Å²) in [5, 5.41) is 6.73. The number of benzene rings is 1. The second kappa shape index (κ2) is 4.75. The molecule has 0 saturated heterocycles. The molecule has 0 atom stereocenters. The van der Waals surface area contributed by atoms with Crippen LogP contribution in [0.25, 0.3) is 10.1 Å². The molecule has 1 aliphatic carbocycles. The highest BCUT2D eigenvalue weighted by molar-refractivity contribution is 7.17. The Bertz CT molecular complexity index is 514. The van der Waals surface area contributed by atoms with E-state index in [1.807, 2.05) is 6.07 Å². The smallest absolute Gasteiger partial charge is 0.140 e. The SMILES string of the molecule is Fc1cccc2c(CNC3CCCC3)csc12. The van der Waals surface area contributed by atoms with Gasteiger partial charge in [0.2, 0.25) is 0 Å². The molecule has 1 fully saturated rings. The van der Waals surface area contributed by atoms with Gasteiger partial charge in [0.15, 0.2) is 0 Å². The molecule has 17 heavy (non-hydrogen) atoms. The van der Waals surface area contributed by atoms with E-state index in [0.717, 1.165) is 16.6 Å². The van der Waals surface area contributed by atoms with Gasteiger partial charge >= 0.3 is 0 Å². The third kappa shape index (κ3) is 2.22. The molecule has 1 N–H and O–H groups in total. The quantitative estimate of drug-likeness (QED) is 0.864. The molecule has 0 spiro atoms. The fraction of sp³-hybridized carbons (Fsp3) is 0.429. The van der Waals surface area contributed by atoms with Crippen molar-refractivity contribution in [3.8, 4) is 0 Å². The zero-order chi connectivity index (χ0) is 11.7. The molecule has 0 bridgehead atoms. The summed E-state index contributed by atoms with van der Waals surface area (Å²) in [7, 11) is 0. The van der Waals surface area contributed by atoms with Gasteiger partial charge in [0, 0.05) is 12.6 Å². The van der Waals surface area contributed by atoms with Gasteiger partial charge in [-0.05, 0) is 35.2 Å². The lowest BCUT2D eigenvalue weighted by Gasteiger charge is -2.10. The largest absolute Gasteiger partial charge is 0.310 e. The number of fused-ring (bicyclic) bond motifs is 1. The Kier molecular flexibility index (Phi) is 3.12. The van der Waals surface area contributed by atoms with Crippen molar-refractivity contribution in [2.75, 3.05) is 0 Å². The van der Waals surface area contributed by atoms with Gasteiger partial charge in [-0.3, -0.25) is 0 Å². The van der Waals surface area contributed by atoms with Gasteiger partial charge < -0.3 is 5.32 Å². The number of nitrogens with one attached hydrogen (secondary N) is 1. The van der Waals surface area contributed by atoms with Crippen LogP contribution in [-0.2, 0) is 6.54 Å². The third-order valence-electron chi connectivity index (χ3n) is 3.57. The number of hydrogen-bond acceptors (Lipinski definition) is 2. The number of thiophene rings is 1. The van der Waals surface area contributed by atoms with Crippen LogP contribution in [0, 0.1) is 5.82 Å². The fourth-order valence-corrected chi connectivity index (χ4v) is 3.57. The minimum atomic E-state index is -0.0976. The van der Waals surface area contributed by atoms with Crippen LogP contribution >= 0.6 is 11.3 Å². The second-order valence-electron chi connectivity index (χ2n) is 4.74. The fourth-order valence-electron chi connectivity index (χ4n) is 2.60. The van der Waals surface area contributed by atoms with Gasteiger partial charge in [-0.1, -0.05) is 25.0 Å². The van der Waals surface area contributed by atoms with Crippen LogP contribution < -0.4 is 5.32 Å². The van der Waals surface area contributed by atoms with Gasteiger partial charge in [0.1, 0.15) is 5.82 Å². The predicted octanol–water partition coefficient (Wildman–Crippen LogP) is 4.07. The van der Waals surface area contributed by atoms with Gasteiger partial charge in [-0.25, -0.2) is 4.39 Å². The summed E-state index contributed by atoms with van der Waals surface area (Å²) in [4.78, 5) is 0. The molecule has 3 rings (SSSR count). The van der Waals surface area contributed by atoms with Crippen LogP contribution in [0.5, 0.6) is 0 Å². The predicted molar refractivity (Wildman–Crippen MR) is 70.9 cm³/mol. The molecule has 0 aliphatic heterocycles. The molecule has 0 amide bonds. The minimum absolute atomic E-state index is 0.0976. The standard InChI is InChI=1S/C14H16FNS/c15-13-7-3-6-12-10(9-17-14(12)13)8-16-11-4-1-2-5-11/h3,6-7,9,11,16H,1-2,4-5,8H2. The molecule has 90 valence electrons. The minimum Gasteiger partial charge on any atom is -0.310 e. The maximum absolute atomic E-state index is 13.5. The molecule has 1 saturated carbocycles. The Morgan fingerprint density at radius 3 is 2.94 bits per heavy atom. The zero-order valence-electron chi connectivity index (χ0n) is 9.71. The van der Waals surface area contributed by atoms with E-state index in [1.54, 1.807) is 6.07 Å². The van der Waals surface area contributed by atoms with E-state index < -0.39 is 0 Å². The molecular weight excluding hydrogens is 233 g/mol.